The molecule has 0 radical (unpaired) electrons. The van der Waals surface area contributed by atoms with Crippen molar-refractivity contribution in [2.24, 2.45) is 0 Å². The number of allylic oxidation sites excluding steroid dienone is 4. The number of halogens is 4. The summed E-state index contributed by atoms with van der Waals surface area (Å²) in [5.41, 5.74) is 0. The topological polar surface area (TPSA) is 0 Å². The van der Waals surface area contributed by atoms with Gasteiger partial charge in [-0.05, 0) is 13.8 Å². The SMILES string of the molecule is CC(Cl)C=CC(Cl)C(Cl)C=CC(C)Cl. The molecule has 0 heterocycles. The summed E-state index contributed by atoms with van der Waals surface area (Å²) in [5, 5.41) is -0.582. The molecule has 0 aromatic heterocycles. The van der Waals surface area contributed by atoms with E-state index in [-0.39, 0.29) is 21.5 Å². The summed E-state index contributed by atoms with van der Waals surface area (Å²) in [6.45, 7) is 3.73. The maximum atomic E-state index is 5.99. The van der Waals surface area contributed by atoms with Crippen molar-refractivity contribution in [3.8, 4) is 0 Å². The summed E-state index contributed by atoms with van der Waals surface area (Å²) < 4.78 is 0. The van der Waals surface area contributed by atoms with Gasteiger partial charge in [0.05, 0.1) is 10.8 Å². The largest absolute Gasteiger partial charge is 0.119 e. The van der Waals surface area contributed by atoms with Crippen molar-refractivity contribution in [2.75, 3.05) is 0 Å². The van der Waals surface area contributed by atoms with E-state index in [0.29, 0.717) is 0 Å². The van der Waals surface area contributed by atoms with E-state index in [1.165, 1.54) is 0 Å². The summed E-state index contributed by atoms with van der Waals surface area (Å²) in [5.74, 6) is 0. The maximum Gasteiger partial charge on any atom is 0.0715 e. The van der Waals surface area contributed by atoms with E-state index in [1.807, 2.05) is 26.0 Å². The van der Waals surface area contributed by atoms with Crippen LogP contribution >= 0.6 is 46.4 Å². The van der Waals surface area contributed by atoms with Crippen LogP contribution in [-0.4, -0.2) is 21.5 Å². The van der Waals surface area contributed by atoms with Gasteiger partial charge in [-0.2, -0.15) is 0 Å². The zero-order valence-corrected chi connectivity index (χ0v) is 11.2. The van der Waals surface area contributed by atoms with Crippen LogP contribution in [0.3, 0.4) is 0 Å². The number of hydrogen-bond acceptors (Lipinski definition) is 0. The van der Waals surface area contributed by atoms with Crippen LogP contribution in [0.5, 0.6) is 0 Å². The Morgan fingerprint density at radius 3 is 1.14 bits per heavy atom. The summed E-state index contributed by atoms with van der Waals surface area (Å²) in [6.07, 6.45) is 7.21. The highest BCUT2D eigenvalue weighted by Gasteiger charge is 2.10. The molecule has 0 N–H and O–H groups in total. The molecule has 0 fully saturated rings. The summed E-state index contributed by atoms with van der Waals surface area (Å²) in [6, 6.07) is 0. The molecule has 0 bridgehead atoms. The van der Waals surface area contributed by atoms with Crippen LogP contribution in [0.25, 0.3) is 0 Å². The van der Waals surface area contributed by atoms with Gasteiger partial charge < -0.3 is 0 Å². The minimum Gasteiger partial charge on any atom is -0.119 e. The molecule has 0 saturated carbocycles. The first-order valence-corrected chi connectivity index (χ1v) is 6.11. The van der Waals surface area contributed by atoms with E-state index in [1.54, 1.807) is 12.2 Å². The number of rotatable bonds is 5. The zero-order chi connectivity index (χ0) is 11.1. The van der Waals surface area contributed by atoms with Crippen molar-refractivity contribution in [1.29, 1.82) is 0 Å². The summed E-state index contributed by atoms with van der Waals surface area (Å²) >= 11 is 23.4. The average molecular weight is 276 g/mol. The first-order chi connectivity index (χ1) is 6.43. The molecule has 4 heteroatoms. The Morgan fingerprint density at radius 2 is 0.929 bits per heavy atom. The van der Waals surface area contributed by atoms with Crippen molar-refractivity contribution >= 4 is 46.4 Å². The van der Waals surface area contributed by atoms with Gasteiger partial charge in [-0.25, -0.2) is 0 Å². The van der Waals surface area contributed by atoms with E-state index >= 15 is 0 Å². The lowest BCUT2D eigenvalue weighted by molar-refractivity contribution is 1.04. The molecular weight excluding hydrogens is 262 g/mol. The molecule has 0 spiro atoms. The van der Waals surface area contributed by atoms with E-state index in [0.717, 1.165) is 0 Å². The van der Waals surface area contributed by atoms with Gasteiger partial charge in [-0.15, -0.1) is 46.4 Å². The van der Waals surface area contributed by atoms with Gasteiger partial charge in [-0.3, -0.25) is 0 Å². The molecule has 0 aromatic carbocycles. The fourth-order valence-corrected chi connectivity index (χ4v) is 1.23. The smallest absolute Gasteiger partial charge is 0.0715 e. The maximum absolute atomic E-state index is 5.99. The third-order valence-corrected chi connectivity index (χ3v) is 2.68. The van der Waals surface area contributed by atoms with Gasteiger partial charge >= 0.3 is 0 Å². The first kappa shape index (κ1) is 14.6. The molecule has 0 aliphatic rings. The molecule has 82 valence electrons. The standard InChI is InChI=1S/C10H14Cl4/c1-7(11)3-5-9(13)10(14)6-4-8(2)12/h3-10H,1-2H3. The Bertz CT molecular complexity index is 174. The quantitative estimate of drug-likeness (QED) is 0.509. The minimum absolute atomic E-state index is 0.0314. The lowest BCUT2D eigenvalue weighted by Crippen LogP contribution is -2.10. The van der Waals surface area contributed by atoms with Crippen LogP contribution < -0.4 is 0 Å². The highest BCUT2D eigenvalue weighted by atomic mass is 35.5. The van der Waals surface area contributed by atoms with Crippen molar-refractivity contribution in [2.45, 2.75) is 35.4 Å². The van der Waals surface area contributed by atoms with E-state index in [9.17, 15) is 0 Å². The Hall–Kier alpha value is 0.640. The normalized spacial score (nSPS) is 21.3. The van der Waals surface area contributed by atoms with Gasteiger partial charge in [0, 0.05) is 10.8 Å². The van der Waals surface area contributed by atoms with Crippen LogP contribution in [0, 0.1) is 0 Å². The highest BCUT2D eigenvalue weighted by molar-refractivity contribution is 6.31. The van der Waals surface area contributed by atoms with Gasteiger partial charge in [0.1, 0.15) is 0 Å². The van der Waals surface area contributed by atoms with Gasteiger partial charge in [0.2, 0.25) is 0 Å². The van der Waals surface area contributed by atoms with E-state index in [4.69, 9.17) is 46.4 Å². The van der Waals surface area contributed by atoms with E-state index in [2.05, 4.69) is 0 Å². The minimum atomic E-state index is -0.260. The van der Waals surface area contributed by atoms with Gasteiger partial charge in [0.15, 0.2) is 0 Å². The predicted molar refractivity (Wildman–Crippen MR) is 68.2 cm³/mol. The predicted octanol–water partition coefficient (Wildman–Crippen LogP) is 4.57. The molecule has 0 rings (SSSR count). The summed E-state index contributed by atoms with van der Waals surface area (Å²) in [7, 11) is 0. The Morgan fingerprint density at radius 1 is 0.643 bits per heavy atom. The first-order valence-electron chi connectivity index (χ1n) is 4.36. The Kier molecular flexibility index (Phi) is 8.23. The molecule has 14 heavy (non-hydrogen) atoms. The van der Waals surface area contributed by atoms with Crippen LogP contribution in [0.1, 0.15) is 13.8 Å². The van der Waals surface area contributed by atoms with Crippen molar-refractivity contribution in [1.82, 2.24) is 0 Å². The molecular formula is C10H14Cl4. The molecule has 0 aromatic rings. The van der Waals surface area contributed by atoms with Crippen molar-refractivity contribution in [3.63, 3.8) is 0 Å². The molecule has 0 aliphatic carbocycles. The number of hydrogen-bond donors (Lipinski definition) is 0. The second kappa shape index (κ2) is 7.87. The second-order valence-corrected chi connectivity index (χ2v) is 5.40. The van der Waals surface area contributed by atoms with Crippen LogP contribution in [-0.2, 0) is 0 Å². The van der Waals surface area contributed by atoms with Gasteiger partial charge in [-0.1, -0.05) is 24.3 Å². The van der Waals surface area contributed by atoms with E-state index < -0.39 is 0 Å². The Labute approximate surface area is 106 Å². The third-order valence-electron chi connectivity index (χ3n) is 1.42. The van der Waals surface area contributed by atoms with Crippen molar-refractivity contribution in [3.05, 3.63) is 24.3 Å². The fourth-order valence-electron chi connectivity index (χ4n) is 0.731. The third kappa shape index (κ3) is 7.99. The Balaban J connectivity index is 4.05. The lowest BCUT2D eigenvalue weighted by atomic mass is 10.2. The summed E-state index contributed by atoms with van der Waals surface area (Å²) in [4.78, 5) is 0. The molecule has 4 unspecified atom stereocenters. The molecule has 4 atom stereocenters. The zero-order valence-electron chi connectivity index (χ0n) is 8.13. The van der Waals surface area contributed by atoms with Crippen molar-refractivity contribution < 1.29 is 0 Å². The number of alkyl halides is 4. The van der Waals surface area contributed by atoms with Gasteiger partial charge in [0.25, 0.3) is 0 Å². The van der Waals surface area contributed by atoms with Crippen LogP contribution in [0.4, 0.5) is 0 Å². The fraction of sp³-hybridized carbons (Fsp3) is 0.600. The second-order valence-electron chi connectivity index (χ2n) is 3.01. The molecule has 0 aliphatic heterocycles. The molecule has 0 nitrogen and oxygen atoms in total. The molecule has 0 saturated heterocycles. The lowest BCUT2D eigenvalue weighted by Gasteiger charge is -2.08. The molecule has 0 amide bonds. The van der Waals surface area contributed by atoms with Crippen LogP contribution in [0.2, 0.25) is 0 Å². The van der Waals surface area contributed by atoms with Crippen LogP contribution in [0.15, 0.2) is 24.3 Å². The average Bonchev–Trinajstić information content (AvgIpc) is 2.09. The highest BCUT2D eigenvalue weighted by Crippen LogP contribution is 2.15. The monoisotopic (exact) mass is 274 g/mol.